The molecule has 0 unspecified atom stereocenters. The molecule has 0 saturated heterocycles. The first-order valence-corrected chi connectivity index (χ1v) is 8.58. The number of para-hydroxylation sites is 1. The number of anilines is 2. The number of rotatable bonds is 8. The van der Waals surface area contributed by atoms with E-state index in [-0.39, 0.29) is 0 Å². The standard InChI is InChI=1S/C16H23N3S/c1-20-11-7-3-2-6-10-18-16-13-8-4-5-9-15(13)19-12-14(16)17/h4-5,8-9,12H,2-3,6-7,10-11,17H2,1H3,(H,18,19). The van der Waals surface area contributed by atoms with E-state index in [9.17, 15) is 0 Å². The predicted molar refractivity (Wildman–Crippen MR) is 91.5 cm³/mol. The van der Waals surface area contributed by atoms with E-state index in [1.165, 1.54) is 31.4 Å². The zero-order valence-electron chi connectivity index (χ0n) is 12.1. The topological polar surface area (TPSA) is 50.9 Å². The van der Waals surface area contributed by atoms with Crippen molar-refractivity contribution in [3.8, 4) is 0 Å². The molecular weight excluding hydrogens is 266 g/mol. The number of hydrogen-bond acceptors (Lipinski definition) is 4. The Morgan fingerprint density at radius 2 is 1.95 bits per heavy atom. The van der Waals surface area contributed by atoms with Gasteiger partial charge in [-0.1, -0.05) is 31.0 Å². The summed E-state index contributed by atoms with van der Waals surface area (Å²) in [5.74, 6) is 1.27. The Bertz CT molecular complexity index is 542. The van der Waals surface area contributed by atoms with Crippen LogP contribution in [0.2, 0.25) is 0 Å². The Hall–Kier alpha value is -1.42. The molecule has 0 fully saturated rings. The van der Waals surface area contributed by atoms with Gasteiger partial charge in [0.1, 0.15) is 0 Å². The van der Waals surface area contributed by atoms with E-state index in [1.54, 1.807) is 6.20 Å². The van der Waals surface area contributed by atoms with Crippen LogP contribution >= 0.6 is 11.8 Å². The Labute approximate surface area is 125 Å². The number of hydrogen-bond donors (Lipinski definition) is 2. The second kappa shape index (κ2) is 8.00. The number of nitrogens with zero attached hydrogens (tertiary/aromatic N) is 1. The van der Waals surface area contributed by atoms with Gasteiger partial charge in [-0.3, -0.25) is 4.98 Å². The molecule has 2 rings (SSSR count). The third kappa shape index (κ3) is 4.04. The maximum atomic E-state index is 6.04. The Balaban J connectivity index is 1.88. The van der Waals surface area contributed by atoms with Gasteiger partial charge in [0.25, 0.3) is 0 Å². The lowest BCUT2D eigenvalue weighted by molar-refractivity contribution is 0.689. The molecular formula is C16H23N3S. The Morgan fingerprint density at radius 1 is 1.15 bits per heavy atom. The average Bonchev–Trinajstić information content (AvgIpc) is 2.48. The van der Waals surface area contributed by atoms with Crippen LogP contribution in [0.25, 0.3) is 10.9 Å². The molecule has 0 atom stereocenters. The normalized spacial score (nSPS) is 10.8. The highest BCUT2D eigenvalue weighted by atomic mass is 32.2. The third-order valence-electron chi connectivity index (χ3n) is 3.38. The van der Waals surface area contributed by atoms with Crippen LogP contribution in [0.3, 0.4) is 0 Å². The molecule has 2 aromatic rings. The van der Waals surface area contributed by atoms with Crippen LogP contribution in [0.4, 0.5) is 11.4 Å². The summed E-state index contributed by atoms with van der Waals surface area (Å²) in [5, 5.41) is 4.58. The SMILES string of the molecule is CSCCCCCCNc1c(N)cnc2ccccc12. The van der Waals surface area contributed by atoms with Crippen molar-refractivity contribution in [2.45, 2.75) is 25.7 Å². The van der Waals surface area contributed by atoms with Crippen molar-refractivity contribution in [2.75, 3.05) is 29.6 Å². The molecule has 20 heavy (non-hydrogen) atoms. The summed E-state index contributed by atoms with van der Waals surface area (Å²) in [4.78, 5) is 4.35. The summed E-state index contributed by atoms with van der Waals surface area (Å²) < 4.78 is 0. The van der Waals surface area contributed by atoms with Crippen LogP contribution < -0.4 is 11.1 Å². The van der Waals surface area contributed by atoms with E-state index in [1.807, 2.05) is 30.0 Å². The smallest absolute Gasteiger partial charge is 0.0743 e. The van der Waals surface area contributed by atoms with E-state index in [4.69, 9.17) is 5.73 Å². The van der Waals surface area contributed by atoms with E-state index < -0.39 is 0 Å². The number of nitrogens with two attached hydrogens (primary N) is 1. The Morgan fingerprint density at radius 3 is 2.80 bits per heavy atom. The number of fused-ring (bicyclic) bond motifs is 1. The number of benzene rings is 1. The van der Waals surface area contributed by atoms with Gasteiger partial charge in [0, 0.05) is 11.9 Å². The van der Waals surface area contributed by atoms with E-state index >= 15 is 0 Å². The molecule has 0 amide bonds. The van der Waals surface area contributed by atoms with E-state index in [0.717, 1.165) is 28.8 Å². The van der Waals surface area contributed by atoms with Crippen molar-refractivity contribution in [2.24, 2.45) is 0 Å². The first-order chi connectivity index (χ1) is 9.83. The fourth-order valence-corrected chi connectivity index (χ4v) is 2.79. The lowest BCUT2D eigenvalue weighted by Gasteiger charge is -2.12. The lowest BCUT2D eigenvalue weighted by Crippen LogP contribution is -2.05. The number of nitrogen functional groups attached to an aromatic ring is 1. The quantitative estimate of drug-likeness (QED) is 0.717. The second-order valence-electron chi connectivity index (χ2n) is 4.94. The van der Waals surface area contributed by atoms with Gasteiger partial charge in [-0.25, -0.2) is 0 Å². The predicted octanol–water partition coefficient (Wildman–Crippen LogP) is 4.15. The van der Waals surface area contributed by atoms with Crippen LogP contribution in [0.5, 0.6) is 0 Å². The molecule has 108 valence electrons. The van der Waals surface area contributed by atoms with E-state index in [0.29, 0.717) is 0 Å². The van der Waals surface area contributed by atoms with Gasteiger partial charge in [-0.15, -0.1) is 0 Å². The molecule has 1 aromatic heterocycles. The minimum Gasteiger partial charge on any atom is -0.396 e. The summed E-state index contributed by atoms with van der Waals surface area (Å²) in [6, 6.07) is 8.11. The Kier molecular flexibility index (Phi) is 5.99. The van der Waals surface area contributed by atoms with Crippen molar-refractivity contribution in [3.05, 3.63) is 30.5 Å². The molecule has 0 saturated carbocycles. The highest BCUT2D eigenvalue weighted by Gasteiger charge is 2.05. The van der Waals surface area contributed by atoms with Gasteiger partial charge in [0.15, 0.2) is 0 Å². The van der Waals surface area contributed by atoms with Gasteiger partial charge in [-0.2, -0.15) is 11.8 Å². The van der Waals surface area contributed by atoms with Crippen LogP contribution in [0.1, 0.15) is 25.7 Å². The summed E-state index contributed by atoms with van der Waals surface area (Å²) in [6.07, 6.45) is 9.00. The molecule has 1 heterocycles. The summed E-state index contributed by atoms with van der Waals surface area (Å²) >= 11 is 1.93. The van der Waals surface area contributed by atoms with Crippen LogP contribution in [-0.4, -0.2) is 23.5 Å². The maximum Gasteiger partial charge on any atom is 0.0743 e. The van der Waals surface area contributed by atoms with E-state index in [2.05, 4.69) is 22.6 Å². The number of thioether (sulfide) groups is 1. The zero-order chi connectivity index (χ0) is 14.2. The molecule has 0 spiro atoms. The van der Waals surface area contributed by atoms with Crippen molar-refractivity contribution in [3.63, 3.8) is 0 Å². The monoisotopic (exact) mass is 289 g/mol. The van der Waals surface area contributed by atoms with Crippen LogP contribution in [0, 0.1) is 0 Å². The van der Waals surface area contributed by atoms with Crippen LogP contribution in [0.15, 0.2) is 30.5 Å². The number of nitrogens with one attached hydrogen (secondary N) is 1. The maximum absolute atomic E-state index is 6.04. The van der Waals surface area contributed by atoms with Gasteiger partial charge in [0.05, 0.1) is 23.1 Å². The average molecular weight is 289 g/mol. The molecule has 4 heteroatoms. The van der Waals surface area contributed by atoms with Crippen LogP contribution in [-0.2, 0) is 0 Å². The molecule has 0 aliphatic heterocycles. The van der Waals surface area contributed by atoms with Crippen molar-refractivity contribution in [1.29, 1.82) is 0 Å². The summed E-state index contributed by atoms with van der Waals surface area (Å²) in [6.45, 7) is 0.970. The molecule has 1 aromatic carbocycles. The number of pyridine rings is 1. The van der Waals surface area contributed by atoms with Gasteiger partial charge >= 0.3 is 0 Å². The molecule has 0 bridgehead atoms. The fourth-order valence-electron chi connectivity index (χ4n) is 2.29. The first kappa shape index (κ1) is 15.0. The molecule has 3 N–H and O–H groups in total. The van der Waals surface area contributed by atoms with Crippen molar-refractivity contribution >= 4 is 34.0 Å². The largest absolute Gasteiger partial charge is 0.396 e. The second-order valence-corrected chi connectivity index (χ2v) is 5.93. The van der Waals surface area contributed by atoms with Crippen molar-refractivity contribution in [1.82, 2.24) is 4.98 Å². The first-order valence-electron chi connectivity index (χ1n) is 7.19. The van der Waals surface area contributed by atoms with Crippen molar-refractivity contribution < 1.29 is 0 Å². The molecule has 0 aliphatic rings. The van der Waals surface area contributed by atoms with Gasteiger partial charge < -0.3 is 11.1 Å². The fraction of sp³-hybridized carbons (Fsp3) is 0.438. The highest BCUT2D eigenvalue weighted by Crippen LogP contribution is 2.27. The summed E-state index contributed by atoms with van der Waals surface area (Å²) in [5.41, 5.74) is 8.78. The number of unbranched alkanes of at least 4 members (excludes halogenated alkanes) is 3. The highest BCUT2D eigenvalue weighted by molar-refractivity contribution is 7.98. The van der Waals surface area contributed by atoms with Gasteiger partial charge in [0.2, 0.25) is 0 Å². The lowest BCUT2D eigenvalue weighted by atomic mass is 10.1. The zero-order valence-corrected chi connectivity index (χ0v) is 12.9. The minimum atomic E-state index is 0.728. The summed E-state index contributed by atoms with van der Waals surface area (Å²) in [7, 11) is 0. The molecule has 3 nitrogen and oxygen atoms in total. The molecule has 0 radical (unpaired) electrons. The van der Waals surface area contributed by atoms with Gasteiger partial charge in [-0.05, 0) is 30.9 Å². The number of aromatic nitrogens is 1. The minimum absolute atomic E-state index is 0.728. The molecule has 0 aliphatic carbocycles. The third-order valence-corrected chi connectivity index (χ3v) is 4.08.